The number of aliphatic hydroxyl groups is 1. The zero-order valence-electron chi connectivity index (χ0n) is 10.2. The summed E-state index contributed by atoms with van der Waals surface area (Å²) in [6.45, 7) is 1.06. The molecule has 1 fully saturated rings. The second kappa shape index (κ2) is 5.26. The zero-order chi connectivity index (χ0) is 13.2. The molecule has 0 radical (unpaired) electrons. The van der Waals surface area contributed by atoms with Gasteiger partial charge in [0.1, 0.15) is 4.21 Å². The first kappa shape index (κ1) is 14.0. The summed E-state index contributed by atoms with van der Waals surface area (Å²) in [4.78, 5) is 0. The van der Waals surface area contributed by atoms with Crippen molar-refractivity contribution < 1.29 is 18.3 Å². The van der Waals surface area contributed by atoms with Crippen LogP contribution in [-0.2, 0) is 14.8 Å². The molecule has 1 aromatic heterocycles. The van der Waals surface area contributed by atoms with Crippen LogP contribution in [0, 0.1) is 0 Å². The third-order valence-corrected chi connectivity index (χ3v) is 6.28. The van der Waals surface area contributed by atoms with Gasteiger partial charge in [-0.15, -0.1) is 11.3 Å². The summed E-state index contributed by atoms with van der Waals surface area (Å²) in [5.41, 5.74) is -0.975. The first-order valence-corrected chi connectivity index (χ1v) is 8.06. The Hall–Kier alpha value is -0.470. The maximum absolute atomic E-state index is 12.2. The lowest BCUT2D eigenvalue weighted by molar-refractivity contribution is -0.0689. The molecule has 102 valence electrons. The van der Waals surface area contributed by atoms with E-state index in [1.165, 1.54) is 22.7 Å². The predicted octanol–water partition coefficient (Wildman–Crippen LogP) is 0.910. The van der Waals surface area contributed by atoms with E-state index < -0.39 is 15.6 Å². The van der Waals surface area contributed by atoms with Crippen molar-refractivity contribution in [2.24, 2.45) is 0 Å². The maximum Gasteiger partial charge on any atom is 0.252 e. The Kier molecular flexibility index (Phi) is 4.08. The van der Waals surface area contributed by atoms with Crippen molar-refractivity contribution >= 4 is 21.4 Å². The van der Waals surface area contributed by atoms with Crippen LogP contribution in [0.15, 0.2) is 21.7 Å². The molecule has 1 aliphatic rings. The summed E-state index contributed by atoms with van der Waals surface area (Å²) >= 11 is 1.18. The molecule has 0 atom stereocenters. The first-order valence-electron chi connectivity index (χ1n) is 5.74. The standard InChI is InChI=1S/C11H17NO4S2/c1-12(9-11(13)4-6-16-7-5-11)18(14,15)10-3-2-8-17-10/h2-3,8,13H,4-7,9H2,1H3. The van der Waals surface area contributed by atoms with Crippen LogP contribution in [0.3, 0.4) is 0 Å². The highest BCUT2D eigenvalue weighted by Gasteiger charge is 2.35. The molecule has 0 aromatic carbocycles. The Balaban J connectivity index is 2.10. The normalized spacial score (nSPS) is 20.2. The van der Waals surface area contributed by atoms with Gasteiger partial charge >= 0.3 is 0 Å². The number of likely N-dealkylation sites (N-methyl/N-ethyl adjacent to an activating group) is 1. The van der Waals surface area contributed by atoms with E-state index in [4.69, 9.17) is 4.74 Å². The second-order valence-corrected chi connectivity index (χ2v) is 7.75. The Bertz CT molecular complexity index is 477. The number of rotatable bonds is 4. The van der Waals surface area contributed by atoms with Gasteiger partial charge < -0.3 is 9.84 Å². The third-order valence-electron chi connectivity index (χ3n) is 3.10. The highest BCUT2D eigenvalue weighted by Crippen LogP contribution is 2.25. The molecule has 0 unspecified atom stereocenters. The highest BCUT2D eigenvalue weighted by molar-refractivity contribution is 7.91. The van der Waals surface area contributed by atoms with Crippen LogP contribution >= 0.6 is 11.3 Å². The van der Waals surface area contributed by atoms with Gasteiger partial charge in [-0.1, -0.05) is 6.07 Å². The molecular formula is C11H17NO4S2. The van der Waals surface area contributed by atoms with E-state index in [-0.39, 0.29) is 6.54 Å². The predicted molar refractivity (Wildman–Crippen MR) is 69.1 cm³/mol. The van der Waals surface area contributed by atoms with E-state index in [0.29, 0.717) is 30.3 Å². The average Bonchev–Trinajstić information content (AvgIpc) is 2.83. The Morgan fingerprint density at radius 1 is 1.50 bits per heavy atom. The zero-order valence-corrected chi connectivity index (χ0v) is 11.8. The number of hydrogen-bond acceptors (Lipinski definition) is 5. The quantitative estimate of drug-likeness (QED) is 0.895. The van der Waals surface area contributed by atoms with Crippen molar-refractivity contribution in [3.63, 3.8) is 0 Å². The van der Waals surface area contributed by atoms with Gasteiger partial charge in [0.2, 0.25) is 0 Å². The number of ether oxygens (including phenoxy) is 1. The minimum Gasteiger partial charge on any atom is -0.388 e. The summed E-state index contributed by atoms with van der Waals surface area (Å²) in [6.07, 6.45) is 0.939. The Labute approximate surface area is 111 Å². The molecule has 2 heterocycles. The van der Waals surface area contributed by atoms with Crippen molar-refractivity contribution in [2.75, 3.05) is 26.8 Å². The summed E-state index contributed by atoms with van der Waals surface area (Å²) in [7, 11) is -1.98. The van der Waals surface area contributed by atoms with Crippen molar-refractivity contribution in [3.8, 4) is 0 Å². The van der Waals surface area contributed by atoms with Crippen LogP contribution in [0.5, 0.6) is 0 Å². The molecule has 1 aliphatic heterocycles. The van der Waals surface area contributed by atoms with E-state index in [0.717, 1.165) is 0 Å². The van der Waals surface area contributed by atoms with Gasteiger partial charge in [-0.25, -0.2) is 8.42 Å². The molecule has 1 N–H and O–H groups in total. The highest BCUT2D eigenvalue weighted by atomic mass is 32.2. The smallest absolute Gasteiger partial charge is 0.252 e. The topological polar surface area (TPSA) is 66.8 Å². The van der Waals surface area contributed by atoms with Gasteiger partial charge in [-0.05, 0) is 11.4 Å². The molecule has 0 spiro atoms. The van der Waals surface area contributed by atoms with Crippen LogP contribution < -0.4 is 0 Å². The minimum atomic E-state index is -3.48. The molecule has 7 heteroatoms. The summed E-state index contributed by atoms with van der Waals surface area (Å²) in [5, 5.41) is 12.0. The number of nitrogens with zero attached hydrogens (tertiary/aromatic N) is 1. The van der Waals surface area contributed by atoms with Crippen molar-refractivity contribution in [1.29, 1.82) is 0 Å². The fraction of sp³-hybridized carbons (Fsp3) is 0.636. The van der Waals surface area contributed by atoms with Gasteiger partial charge in [-0.2, -0.15) is 4.31 Å². The lowest BCUT2D eigenvalue weighted by Crippen LogP contribution is -2.47. The summed E-state index contributed by atoms with van der Waals surface area (Å²) < 4.78 is 31.1. The van der Waals surface area contributed by atoms with E-state index in [2.05, 4.69) is 0 Å². The van der Waals surface area contributed by atoms with E-state index >= 15 is 0 Å². The molecule has 0 bridgehead atoms. The van der Waals surface area contributed by atoms with Crippen molar-refractivity contribution in [1.82, 2.24) is 4.31 Å². The van der Waals surface area contributed by atoms with Gasteiger partial charge in [0.15, 0.2) is 0 Å². The SMILES string of the molecule is CN(CC1(O)CCOCC1)S(=O)(=O)c1cccs1. The molecule has 5 nitrogen and oxygen atoms in total. The van der Waals surface area contributed by atoms with E-state index in [1.807, 2.05) is 0 Å². The average molecular weight is 291 g/mol. The minimum absolute atomic E-state index is 0.108. The first-order chi connectivity index (χ1) is 8.44. The van der Waals surface area contributed by atoms with Gasteiger partial charge in [0.05, 0.1) is 5.60 Å². The number of sulfonamides is 1. The molecule has 0 aliphatic carbocycles. The van der Waals surface area contributed by atoms with Gasteiger partial charge in [-0.3, -0.25) is 0 Å². The maximum atomic E-state index is 12.2. The molecule has 1 saturated heterocycles. The van der Waals surface area contributed by atoms with Crippen LogP contribution in [0.1, 0.15) is 12.8 Å². The lowest BCUT2D eigenvalue weighted by Gasteiger charge is -2.34. The van der Waals surface area contributed by atoms with Crippen LogP contribution in [0.4, 0.5) is 0 Å². The molecule has 0 saturated carbocycles. The Morgan fingerprint density at radius 3 is 2.72 bits per heavy atom. The van der Waals surface area contributed by atoms with Crippen LogP contribution in [0.2, 0.25) is 0 Å². The molecular weight excluding hydrogens is 274 g/mol. The van der Waals surface area contributed by atoms with Crippen LogP contribution in [-0.4, -0.2) is 50.2 Å². The number of thiophene rings is 1. The third kappa shape index (κ3) is 2.92. The van der Waals surface area contributed by atoms with Crippen molar-refractivity contribution in [3.05, 3.63) is 17.5 Å². The Morgan fingerprint density at radius 2 is 2.17 bits per heavy atom. The molecule has 2 rings (SSSR count). The largest absolute Gasteiger partial charge is 0.388 e. The molecule has 0 amide bonds. The monoisotopic (exact) mass is 291 g/mol. The summed E-state index contributed by atoms with van der Waals surface area (Å²) in [6, 6.07) is 3.28. The van der Waals surface area contributed by atoms with Gasteiger partial charge in [0, 0.05) is 39.6 Å². The van der Waals surface area contributed by atoms with Crippen molar-refractivity contribution in [2.45, 2.75) is 22.7 Å². The fourth-order valence-electron chi connectivity index (χ4n) is 1.97. The van der Waals surface area contributed by atoms with E-state index in [1.54, 1.807) is 17.5 Å². The fourth-order valence-corrected chi connectivity index (χ4v) is 4.42. The van der Waals surface area contributed by atoms with Gasteiger partial charge in [0.25, 0.3) is 10.0 Å². The summed E-state index contributed by atoms with van der Waals surface area (Å²) in [5.74, 6) is 0. The van der Waals surface area contributed by atoms with Crippen LogP contribution in [0.25, 0.3) is 0 Å². The number of hydrogen-bond donors (Lipinski definition) is 1. The second-order valence-electron chi connectivity index (χ2n) is 4.53. The lowest BCUT2D eigenvalue weighted by atomic mass is 9.95. The molecule has 1 aromatic rings. The van der Waals surface area contributed by atoms with E-state index in [9.17, 15) is 13.5 Å². The molecule has 18 heavy (non-hydrogen) atoms.